The number of carbonyl (C=O) groups is 2. The summed E-state index contributed by atoms with van der Waals surface area (Å²) >= 11 is 0. The summed E-state index contributed by atoms with van der Waals surface area (Å²) < 4.78 is 137. The van der Waals surface area contributed by atoms with E-state index in [9.17, 15) is 53.8 Å². The standard InChI is InChI=1S/C30H29F8NO5S/c1-16-14-18(26(41)42)2-9-22(16)25(40)39-13-12-27(45(43,44)21-7-5-20(31)6-8-21)23-10-4-19(15-17(23)3-11-24(27)39)28(32,29(33,34)35)30(36,37)38/h4-8,10,15-16,18,22,24H,2-3,9,11-14H2,1H3,(H,41,42)/t16-,18?,22-,24+,27+/m1/s1. The van der Waals surface area contributed by atoms with Crippen LogP contribution >= 0.6 is 0 Å². The van der Waals surface area contributed by atoms with Crippen LogP contribution in [0.2, 0.25) is 0 Å². The Kier molecular flexibility index (Phi) is 8.06. The zero-order valence-corrected chi connectivity index (χ0v) is 24.6. The first kappa shape index (κ1) is 33.1. The van der Waals surface area contributed by atoms with Crippen LogP contribution in [-0.4, -0.2) is 55.2 Å². The molecule has 1 saturated carbocycles. The molecule has 45 heavy (non-hydrogen) atoms. The van der Waals surface area contributed by atoms with Crippen molar-refractivity contribution in [2.75, 3.05) is 6.54 Å². The fourth-order valence-corrected chi connectivity index (χ4v) is 9.89. The van der Waals surface area contributed by atoms with E-state index in [4.69, 9.17) is 0 Å². The third-order valence-corrected chi connectivity index (χ3v) is 12.3. The molecule has 1 saturated heterocycles. The Morgan fingerprint density at radius 3 is 2.11 bits per heavy atom. The molecule has 0 radical (unpaired) electrons. The fraction of sp³-hybridized carbons (Fsp3) is 0.533. The van der Waals surface area contributed by atoms with Gasteiger partial charge >= 0.3 is 24.0 Å². The highest BCUT2D eigenvalue weighted by atomic mass is 32.2. The van der Waals surface area contributed by atoms with Crippen LogP contribution in [0.3, 0.4) is 0 Å². The minimum absolute atomic E-state index is 0.130. The van der Waals surface area contributed by atoms with Crippen molar-refractivity contribution in [3.8, 4) is 0 Å². The lowest BCUT2D eigenvalue weighted by Gasteiger charge is -2.44. The number of nitrogens with zero attached hydrogens (tertiary/aromatic N) is 1. The quantitative estimate of drug-likeness (QED) is 0.292. The summed E-state index contributed by atoms with van der Waals surface area (Å²) in [5.74, 6) is -3.83. The number of benzene rings is 2. The molecule has 1 N–H and O–H groups in total. The molecule has 5 rings (SSSR count). The number of aliphatic carboxylic acids is 1. The van der Waals surface area contributed by atoms with E-state index in [1.165, 1.54) is 4.90 Å². The predicted molar refractivity (Wildman–Crippen MR) is 143 cm³/mol. The minimum atomic E-state index is -6.37. The van der Waals surface area contributed by atoms with Crippen molar-refractivity contribution < 1.29 is 58.2 Å². The first-order valence-electron chi connectivity index (χ1n) is 14.3. The zero-order valence-electron chi connectivity index (χ0n) is 23.8. The van der Waals surface area contributed by atoms with Crippen molar-refractivity contribution in [1.29, 1.82) is 0 Å². The molecule has 3 aliphatic rings. The van der Waals surface area contributed by atoms with Crippen molar-refractivity contribution in [1.82, 2.24) is 4.90 Å². The normalized spacial score (nSPS) is 27.5. The number of carboxylic acid groups (broad SMARTS) is 1. The third-order valence-electron chi connectivity index (χ3n) is 9.79. The number of rotatable bonds is 5. The number of likely N-dealkylation sites (tertiary alicyclic amines) is 1. The number of aryl methyl sites for hydroxylation is 1. The lowest BCUT2D eigenvalue weighted by molar-refractivity contribution is -0.348. The molecule has 6 nitrogen and oxygen atoms in total. The minimum Gasteiger partial charge on any atom is -0.481 e. The van der Waals surface area contributed by atoms with Crippen LogP contribution in [0.1, 0.15) is 55.7 Å². The molecule has 2 aromatic carbocycles. The number of sulfone groups is 1. The Balaban J connectivity index is 1.63. The number of hydrogen-bond donors (Lipinski definition) is 1. The third kappa shape index (κ3) is 4.99. The maximum absolute atomic E-state index is 15.0. The van der Waals surface area contributed by atoms with Gasteiger partial charge < -0.3 is 10.0 Å². The molecular weight excluding hydrogens is 638 g/mol. The molecule has 246 valence electrons. The number of amides is 1. The lowest BCUT2D eigenvalue weighted by atomic mass is 9.73. The van der Waals surface area contributed by atoms with Gasteiger partial charge in [0.25, 0.3) is 0 Å². The number of fused-ring (bicyclic) bond motifs is 3. The molecule has 1 heterocycles. The van der Waals surface area contributed by atoms with Crippen LogP contribution in [0, 0.1) is 23.6 Å². The highest BCUT2D eigenvalue weighted by Gasteiger charge is 2.74. The SMILES string of the molecule is C[C@@H]1CC(C(=O)O)CC[C@H]1C(=O)N1CC[C@]2(S(=O)(=O)c3ccc(F)cc3)c3ccc(C(F)(C(F)(F)F)C(F)(F)F)cc3CC[C@H]12. The average molecular weight is 668 g/mol. The van der Waals surface area contributed by atoms with Gasteiger partial charge in [-0.15, -0.1) is 0 Å². The predicted octanol–water partition coefficient (Wildman–Crippen LogP) is 6.47. The van der Waals surface area contributed by atoms with Crippen LogP contribution in [0.5, 0.6) is 0 Å². The average Bonchev–Trinajstić information content (AvgIpc) is 3.37. The molecule has 15 heteroatoms. The van der Waals surface area contributed by atoms with Gasteiger partial charge in [0, 0.05) is 18.0 Å². The summed E-state index contributed by atoms with van der Waals surface area (Å²) in [6, 6.07) is 4.07. The van der Waals surface area contributed by atoms with Gasteiger partial charge in [0.05, 0.1) is 16.9 Å². The first-order valence-corrected chi connectivity index (χ1v) is 15.8. The molecule has 0 aromatic heterocycles. The van der Waals surface area contributed by atoms with Gasteiger partial charge in [-0.05, 0) is 79.8 Å². The Morgan fingerprint density at radius 2 is 1.56 bits per heavy atom. The maximum atomic E-state index is 15.0. The number of hydrogen-bond acceptors (Lipinski definition) is 4. The van der Waals surface area contributed by atoms with E-state index < -0.39 is 73.7 Å². The molecule has 2 fully saturated rings. The van der Waals surface area contributed by atoms with Crippen molar-refractivity contribution >= 4 is 21.7 Å². The Labute approximate surface area is 253 Å². The molecule has 2 aliphatic carbocycles. The van der Waals surface area contributed by atoms with E-state index in [-0.39, 0.29) is 73.1 Å². The van der Waals surface area contributed by atoms with Crippen LogP contribution < -0.4 is 0 Å². The second-order valence-electron chi connectivity index (χ2n) is 12.1. The second-order valence-corrected chi connectivity index (χ2v) is 14.3. The molecule has 1 unspecified atom stereocenters. The Bertz CT molecular complexity index is 1590. The molecule has 5 atom stereocenters. The van der Waals surface area contributed by atoms with Crippen LogP contribution in [0.15, 0.2) is 47.4 Å². The van der Waals surface area contributed by atoms with Crippen LogP contribution in [0.25, 0.3) is 0 Å². The fourth-order valence-electron chi connectivity index (χ4n) is 7.52. The van der Waals surface area contributed by atoms with Crippen LogP contribution in [0.4, 0.5) is 35.1 Å². The molecule has 1 amide bonds. The summed E-state index contributed by atoms with van der Waals surface area (Å²) in [5, 5.41) is 9.41. The van der Waals surface area contributed by atoms with E-state index in [0.717, 1.165) is 30.3 Å². The van der Waals surface area contributed by atoms with E-state index >= 15 is 4.39 Å². The van der Waals surface area contributed by atoms with E-state index in [1.54, 1.807) is 6.92 Å². The number of carbonyl (C=O) groups excluding carboxylic acids is 1. The van der Waals surface area contributed by atoms with Crippen molar-refractivity contribution in [3.63, 3.8) is 0 Å². The zero-order chi connectivity index (χ0) is 33.3. The summed E-state index contributed by atoms with van der Waals surface area (Å²) in [5.41, 5.74) is -7.87. The number of halogens is 8. The summed E-state index contributed by atoms with van der Waals surface area (Å²) in [6.07, 6.45) is -12.8. The van der Waals surface area contributed by atoms with E-state index in [0.29, 0.717) is 6.07 Å². The van der Waals surface area contributed by atoms with Crippen molar-refractivity contribution in [2.24, 2.45) is 17.8 Å². The molecule has 2 aromatic rings. The smallest absolute Gasteiger partial charge is 0.435 e. The highest BCUT2D eigenvalue weighted by molar-refractivity contribution is 7.92. The summed E-state index contributed by atoms with van der Waals surface area (Å²) in [6.45, 7) is 1.59. The molecule has 0 bridgehead atoms. The second kappa shape index (κ2) is 10.9. The molecule has 0 spiro atoms. The van der Waals surface area contributed by atoms with E-state index in [2.05, 4.69) is 0 Å². The largest absolute Gasteiger partial charge is 0.481 e. The first-order chi connectivity index (χ1) is 20.8. The van der Waals surface area contributed by atoms with Gasteiger partial charge in [-0.2, -0.15) is 26.3 Å². The summed E-state index contributed by atoms with van der Waals surface area (Å²) in [4.78, 5) is 26.4. The Hall–Kier alpha value is -3.23. The maximum Gasteiger partial charge on any atom is 0.435 e. The van der Waals surface area contributed by atoms with Gasteiger partial charge in [-0.1, -0.05) is 25.1 Å². The molecular formula is C30H29F8NO5S. The number of carboxylic acids is 1. The van der Waals surface area contributed by atoms with Crippen molar-refractivity contribution in [3.05, 3.63) is 65.0 Å². The number of alkyl halides is 7. The van der Waals surface area contributed by atoms with Gasteiger partial charge in [-0.3, -0.25) is 9.59 Å². The molecule has 1 aliphatic heterocycles. The monoisotopic (exact) mass is 667 g/mol. The lowest BCUT2D eigenvalue weighted by Crippen LogP contribution is -2.54. The van der Waals surface area contributed by atoms with Gasteiger partial charge in [0.1, 0.15) is 10.6 Å². The Morgan fingerprint density at radius 1 is 0.933 bits per heavy atom. The van der Waals surface area contributed by atoms with Gasteiger partial charge in [0.2, 0.25) is 5.91 Å². The highest BCUT2D eigenvalue weighted by Crippen LogP contribution is 2.57. The van der Waals surface area contributed by atoms with Gasteiger partial charge in [0.15, 0.2) is 9.84 Å². The van der Waals surface area contributed by atoms with Crippen molar-refractivity contribution in [2.45, 2.75) is 79.2 Å². The van der Waals surface area contributed by atoms with E-state index in [1.807, 2.05) is 0 Å². The summed E-state index contributed by atoms with van der Waals surface area (Å²) in [7, 11) is -4.60. The topological polar surface area (TPSA) is 91.8 Å². The van der Waals surface area contributed by atoms with Gasteiger partial charge in [-0.25, -0.2) is 17.2 Å². The van der Waals surface area contributed by atoms with Crippen LogP contribution in [-0.2, 0) is 36.3 Å².